The number of carbonyl (C=O) groups excluding carboxylic acids is 1. The summed E-state index contributed by atoms with van der Waals surface area (Å²) >= 11 is 0. The Balaban J connectivity index is 0.953. The van der Waals surface area contributed by atoms with E-state index in [4.69, 9.17) is 9.72 Å². The number of nitriles is 1. The lowest BCUT2D eigenvalue weighted by molar-refractivity contribution is -0.133. The molecule has 45 heavy (non-hydrogen) atoms. The SMILES string of the molecule is CCc1cnn(C2(CC#N)CN(c3cccn4nc(Nc5cnn(CC(=O)N6CCC(CN7CCOCC7)CC6)c5)nc34)C2)c1. The fourth-order valence-electron chi connectivity index (χ4n) is 6.71. The number of piperidine rings is 1. The van der Waals surface area contributed by atoms with Crippen molar-refractivity contribution in [3.63, 3.8) is 0 Å². The molecule has 0 unspecified atom stereocenters. The van der Waals surface area contributed by atoms with Gasteiger partial charge >= 0.3 is 0 Å². The third-order valence-corrected chi connectivity index (χ3v) is 9.37. The van der Waals surface area contributed by atoms with Crippen molar-refractivity contribution in [2.24, 2.45) is 5.92 Å². The minimum Gasteiger partial charge on any atom is -0.379 e. The molecule has 4 aromatic rings. The Kier molecular flexibility index (Phi) is 8.12. The van der Waals surface area contributed by atoms with Crippen LogP contribution in [0.2, 0.25) is 0 Å². The molecule has 0 spiro atoms. The van der Waals surface area contributed by atoms with E-state index in [9.17, 15) is 10.1 Å². The Bertz CT molecular complexity index is 1660. The average Bonchev–Trinajstić information content (AvgIpc) is 3.80. The van der Waals surface area contributed by atoms with Gasteiger partial charge in [-0.05, 0) is 42.9 Å². The van der Waals surface area contributed by atoms with Gasteiger partial charge in [-0.1, -0.05) is 6.92 Å². The zero-order valence-corrected chi connectivity index (χ0v) is 25.8. The van der Waals surface area contributed by atoms with Crippen molar-refractivity contribution in [2.45, 2.75) is 44.7 Å². The van der Waals surface area contributed by atoms with Crippen molar-refractivity contribution < 1.29 is 9.53 Å². The topological polar surface area (TPSA) is 138 Å². The van der Waals surface area contributed by atoms with E-state index in [1.54, 1.807) is 15.4 Å². The molecular weight excluding hydrogens is 572 g/mol. The van der Waals surface area contributed by atoms with E-state index < -0.39 is 0 Å². The highest BCUT2D eigenvalue weighted by molar-refractivity contribution is 5.76. The zero-order valence-electron chi connectivity index (χ0n) is 25.8. The van der Waals surface area contributed by atoms with Crippen LogP contribution < -0.4 is 10.2 Å². The number of ether oxygens (including phenoxy) is 1. The van der Waals surface area contributed by atoms with E-state index in [1.807, 2.05) is 40.3 Å². The zero-order chi connectivity index (χ0) is 30.8. The summed E-state index contributed by atoms with van der Waals surface area (Å²) in [4.78, 5) is 24.5. The highest BCUT2D eigenvalue weighted by Crippen LogP contribution is 2.37. The molecule has 0 saturated carbocycles. The first-order valence-electron chi connectivity index (χ1n) is 15.9. The summed E-state index contributed by atoms with van der Waals surface area (Å²) in [5.41, 5.74) is 3.19. The molecule has 0 radical (unpaired) electrons. The highest BCUT2D eigenvalue weighted by atomic mass is 16.5. The van der Waals surface area contributed by atoms with Gasteiger partial charge in [0.05, 0.1) is 49.5 Å². The van der Waals surface area contributed by atoms with E-state index in [-0.39, 0.29) is 18.0 Å². The smallest absolute Gasteiger partial charge is 0.247 e. The van der Waals surface area contributed by atoms with Crippen LogP contribution in [0.4, 0.5) is 17.3 Å². The lowest BCUT2D eigenvalue weighted by Gasteiger charge is -2.50. The maximum atomic E-state index is 13.0. The molecule has 3 aliphatic heterocycles. The van der Waals surface area contributed by atoms with Gasteiger partial charge in [0.15, 0.2) is 5.65 Å². The Labute approximate surface area is 262 Å². The number of likely N-dealkylation sites (tertiary alicyclic amines) is 1. The molecule has 236 valence electrons. The molecule has 0 bridgehead atoms. The molecule has 7 rings (SSSR count). The standard InChI is InChI=1S/C31H40N12O2/c1-2-24-16-34-43(19-24)31(7-8-32)22-40(23-31)27-4-3-9-42-29(27)36-30(37-42)35-26-17-33-41(20-26)21-28(44)39-10-5-25(6-11-39)18-38-12-14-45-15-13-38/h3-4,9,16-17,19-20,25H,2,5-7,10-15,18,21-23H2,1H3,(H,35,37). The molecule has 1 amide bonds. The summed E-state index contributed by atoms with van der Waals surface area (Å²) in [7, 11) is 0. The first kappa shape index (κ1) is 29.2. The molecular formula is C31H40N12O2. The van der Waals surface area contributed by atoms with Crippen LogP contribution in [0.5, 0.6) is 0 Å². The number of carbonyl (C=O) groups is 1. The summed E-state index contributed by atoms with van der Waals surface area (Å²) in [5.74, 6) is 1.17. The third kappa shape index (κ3) is 6.10. The van der Waals surface area contributed by atoms with Crippen LogP contribution >= 0.6 is 0 Å². The number of anilines is 3. The minimum absolute atomic E-state index is 0.0908. The quantitative estimate of drug-likeness (QED) is 0.284. The average molecular weight is 613 g/mol. The third-order valence-electron chi connectivity index (χ3n) is 9.37. The van der Waals surface area contributed by atoms with Crippen molar-refractivity contribution in [3.05, 3.63) is 48.7 Å². The number of nitrogens with zero attached hydrogens (tertiary/aromatic N) is 11. The van der Waals surface area contributed by atoms with Gasteiger partial charge in [0.2, 0.25) is 11.9 Å². The molecule has 4 aromatic heterocycles. The van der Waals surface area contributed by atoms with Crippen LogP contribution in [0.1, 0.15) is 31.7 Å². The van der Waals surface area contributed by atoms with Crippen molar-refractivity contribution >= 4 is 28.9 Å². The van der Waals surface area contributed by atoms with Crippen LogP contribution in [-0.4, -0.2) is 109 Å². The second-order valence-corrected chi connectivity index (χ2v) is 12.4. The second kappa shape index (κ2) is 12.5. The van der Waals surface area contributed by atoms with Crippen LogP contribution in [0, 0.1) is 17.2 Å². The Morgan fingerprint density at radius 3 is 2.71 bits per heavy atom. The molecule has 14 nitrogen and oxygen atoms in total. The number of hydrogen-bond donors (Lipinski definition) is 1. The predicted octanol–water partition coefficient (Wildman–Crippen LogP) is 2.13. The number of rotatable bonds is 10. The van der Waals surface area contributed by atoms with Crippen molar-refractivity contribution in [3.8, 4) is 6.07 Å². The second-order valence-electron chi connectivity index (χ2n) is 12.4. The van der Waals surface area contributed by atoms with Crippen LogP contribution in [0.15, 0.2) is 43.1 Å². The van der Waals surface area contributed by atoms with Crippen molar-refractivity contribution in [1.29, 1.82) is 5.26 Å². The van der Waals surface area contributed by atoms with Crippen molar-refractivity contribution in [2.75, 3.05) is 69.2 Å². The molecule has 3 saturated heterocycles. The van der Waals surface area contributed by atoms with Gasteiger partial charge in [-0.3, -0.25) is 19.1 Å². The van der Waals surface area contributed by atoms with E-state index >= 15 is 0 Å². The Hall–Kier alpha value is -4.48. The molecule has 0 aromatic carbocycles. The molecule has 3 aliphatic rings. The molecule has 1 N–H and O–H groups in total. The number of hydrogen-bond acceptors (Lipinski definition) is 10. The van der Waals surface area contributed by atoms with Gasteiger partial charge in [0, 0.05) is 64.4 Å². The maximum Gasteiger partial charge on any atom is 0.247 e. The summed E-state index contributed by atoms with van der Waals surface area (Å²) in [6.45, 7) is 9.98. The van der Waals surface area contributed by atoms with Crippen LogP contribution in [0.25, 0.3) is 5.65 Å². The predicted molar refractivity (Wildman–Crippen MR) is 167 cm³/mol. The summed E-state index contributed by atoms with van der Waals surface area (Å²) in [6.07, 6.45) is 12.7. The van der Waals surface area contributed by atoms with Gasteiger partial charge in [0.25, 0.3) is 0 Å². The normalized spacial score (nSPS) is 19.0. The van der Waals surface area contributed by atoms with E-state index in [2.05, 4.69) is 49.6 Å². The number of aryl methyl sites for hydroxylation is 1. The number of morpholine rings is 1. The van der Waals surface area contributed by atoms with E-state index in [0.717, 1.165) is 82.1 Å². The number of fused-ring (bicyclic) bond motifs is 1. The first-order chi connectivity index (χ1) is 22.0. The van der Waals surface area contributed by atoms with Gasteiger partial charge in [-0.15, -0.1) is 5.10 Å². The minimum atomic E-state index is -0.360. The largest absolute Gasteiger partial charge is 0.379 e. The number of amides is 1. The Morgan fingerprint density at radius 2 is 1.96 bits per heavy atom. The van der Waals surface area contributed by atoms with Crippen LogP contribution in [-0.2, 0) is 28.0 Å². The number of pyridine rings is 1. The lowest BCUT2D eigenvalue weighted by Crippen LogP contribution is -2.63. The van der Waals surface area contributed by atoms with Gasteiger partial charge in [0.1, 0.15) is 12.1 Å². The fraction of sp³-hybridized carbons (Fsp3) is 0.548. The molecule has 14 heteroatoms. The van der Waals surface area contributed by atoms with E-state index in [1.165, 1.54) is 0 Å². The maximum absolute atomic E-state index is 13.0. The highest BCUT2D eigenvalue weighted by Gasteiger charge is 2.46. The number of aromatic nitrogens is 7. The first-order valence-corrected chi connectivity index (χ1v) is 15.9. The van der Waals surface area contributed by atoms with Gasteiger partial charge in [-0.2, -0.15) is 20.4 Å². The molecule has 0 atom stereocenters. The Morgan fingerprint density at radius 1 is 1.13 bits per heavy atom. The molecule has 3 fully saturated rings. The summed E-state index contributed by atoms with van der Waals surface area (Å²) in [6, 6.07) is 6.33. The van der Waals surface area contributed by atoms with E-state index in [0.29, 0.717) is 37.1 Å². The lowest BCUT2D eigenvalue weighted by atomic mass is 9.86. The van der Waals surface area contributed by atoms with Gasteiger partial charge < -0.3 is 19.9 Å². The summed E-state index contributed by atoms with van der Waals surface area (Å²) in [5, 5.41) is 26.4. The fourth-order valence-corrected chi connectivity index (χ4v) is 6.71. The van der Waals surface area contributed by atoms with Crippen molar-refractivity contribution in [1.82, 2.24) is 44.0 Å². The van der Waals surface area contributed by atoms with Gasteiger partial charge in [-0.25, -0.2) is 4.52 Å². The van der Waals surface area contributed by atoms with Crippen LogP contribution in [0.3, 0.4) is 0 Å². The monoisotopic (exact) mass is 612 g/mol. The molecule has 0 aliphatic carbocycles. The number of nitrogens with one attached hydrogen (secondary N) is 1. The molecule has 7 heterocycles. The summed E-state index contributed by atoms with van der Waals surface area (Å²) < 4.78 is 10.8.